The minimum absolute atomic E-state index is 0.296. The highest BCUT2D eigenvalue weighted by atomic mass is 16.7. The largest absolute Gasteiger partial charge is 0.493 e. The summed E-state index contributed by atoms with van der Waals surface area (Å²) >= 11 is 0. The van der Waals surface area contributed by atoms with E-state index in [1.54, 1.807) is 0 Å². The first-order valence-corrected chi connectivity index (χ1v) is 7.26. The van der Waals surface area contributed by atoms with Crippen LogP contribution < -0.4 is 19.5 Å². The Morgan fingerprint density at radius 2 is 2.10 bits per heavy atom. The molecule has 20 heavy (non-hydrogen) atoms. The first kappa shape index (κ1) is 13.3. The molecule has 1 N–H and O–H groups in total. The van der Waals surface area contributed by atoms with Gasteiger partial charge in [-0.1, -0.05) is 6.08 Å². The van der Waals surface area contributed by atoms with Gasteiger partial charge in [-0.2, -0.15) is 0 Å². The van der Waals surface area contributed by atoms with Crippen molar-refractivity contribution in [3.05, 3.63) is 30.4 Å². The number of ether oxygens (including phenoxy) is 3. The van der Waals surface area contributed by atoms with Crippen molar-refractivity contribution in [2.45, 2.75) is 38.3 Å². The number of benzene rings is 1. The molecule has 1 saturated carbocycles. The molecular weight excluding hydrogens is 254 g/mol. The summed E-state index contributed by atoms with van der Waals surface area (Å²) in [6.07, 6.45) is 6.42. The van der Waals surface area contributed by atoms with Crippen LogP contribution in [0.3, 0.4) is 0 Å². The van der Waals surface area contributed by atoms with E-state index in [1.807, 2.05) is 18.2 Å². The number of nitrogens with one attached hydrogen (secondary N) is 1. The van der Waals surface area contributed by atoms with Crippen LogP contribution in [0.2, 0.25) is 0 Å². The zero-order valence-electron chi connectivity index (χ0n) is 11.7. The second-order valence-corrected chi connectivity index (χ2v) is 5.25. The summed E-state index contributed by atoms with van der Waals surface area (Å²) in [5.74, 6) is 2.49. The third-order valence-electron chi connectivity index (χ3n) is 3.52. The average Bonchev–Trinajstić information content (AvgIpc) is 3.18. The lowest BCUT2D eigenvalue weighted by Crippen LogP contribution is -2.16. The molecule has 108 valence electrons. The highest BCUT2D eigenvalue weighted by molar-refractivity contribution is 5.51. The normalized spacial score (nSPS) is 16.2. The van der Waals surface area contributed by atoms with E-state index in [9.17, 15) is 0 Å². The molecule has 0 spiro atoms. The standard InChI is InChI=1S/C16H21NO3/c1-2-3-4-7-18-14-9-16-15(19-11-20-16)8-12(14)10-17-13-5-6-13/h2,8-9,13,17H,1,3-7,10-11H2. The number of fused-ring (bicyclic) bond motifs is 1. The lowest BCUT2D eigenvalue weighted by Gasteiger charge is -2.13. The van der Waals surface area contributed by atoms with Crippen LogP contribution in [0, 0.1) is 0 Å². The maximum atomic E-state index is 5.89. The van der Waals surface area contributed by atoms with Crippen LogP contribution in [-0.2, 0) is 6.54 Å². The average molecular weight is 275 g/mol. The molecule has 1 aromatic carbocycles. The van der Waals surface area contributed by atoms with Crippen molar-refractivity contribution in [1.29, 1.82) is 0 Å². The topological polar surface area (TPSA) is 39.7 Å². The molecule has 0 saturated heterocycles. The summed E-state index contributed by atoms with van der Waals surface area (Å²) in [5.41, 5.74) is 1.14. The van der Waals surface area contributed by atoms with E-state index in [0.717, 1.165) is 42.2 Å². The smallest absolute Gasteiger partial charge is 0.231 e. The number of hydrogen-bond acceptors (Lipinski definition) is 4. The molecule has 1 aliphatic heterocycles. The Morgan fingerprint density at radius 1 is 1.30 bits per heavy atom. The molecule has 0 bridgehead atoms. The molecule has 4 heteroatoms. The molecular formula is C16H21NO3. The van der Waals surface area contributed by atoms with Gasteiger partial charge in [0.15, 0.2) is 11.5 Å². The van der Waals surface area contributed by atoms with E-state index in [0.29, 0.717) is 19.4 Å². The van der Waals surface area contributed by atoms with Gasteiger partial charge in [0.1, 0.15) is 5.75 Å². The van der Waals surface area contributed by atoms with Gasteiger partial charge in [0.05, 0.1) is 6.61 Å². The second-order valence-electron chi connectivity index (χ2n) is 5.25. The minimum atomic E-state index is 0.296. The van der Waals surface area contributed by atoms with Crippen molar-refractivity contribution in [2.75, 3.05) is 13.4 Å². The van der Waals surface area contributed by atoms with Gasteiger partial charge < -0.3 is 19.5 Å². The molecule has 1 fully saturated rings. The quantitative estimate of drug-likeness (QED) is 0.585. The maximum absolute atomic E-state index is 5.89. The van der Waals surface area contributed by atoms with Gasteiger partial charge in [-0.3, -0.25) is 0 Å². The highest BCUT2D eigenvalue weighted by Crippen LogP contribution is 2.38. The fourth-order valence-electron chi connectivity index (χ4n) is 2.19. The zero-order valence-corrected chi connectivity index (χ0v) is 11.7. The number of unbranched alkanes of at least 4 members (excludes halogenated alkanes) is 1. The monoisotopic (exact) mass is 275 g/mol. The summed E-state index contributed by atoms with van der Waals surface area (Å²) < 4.78 is 16.8. The SMILES string of the molecule is C=CCCCOc1cc2c(cc1CNC1CC1)OCO2. The molecule has 0 radical (unpaired) electrons. The third-order valence-corrected chi connectivity index (χ3v) is 3.52. The van der Waals surface area contributed by atoms with Gasteiger partial charge in [0, 0.05) is 24.2 Å². The van der Waals surface area contributed by atoms with Crippen LogP contribution >= 0.6 is 0 Å². The number of hydrogen-bond donors (Lipinski definition) is 1. The summed E-state index contributed by atoms with van der Waals surface area (Å²) in [5, 5.41) is 3.51. The maximum Gasteiger partial charge on any atom is 0.231 e. The predicted molar refractivity (Wildman–Crippen MR) is 77.4 cm³/mol. The lowest BCUT2D eigenvalue weighted by atomic mass is 10.1. The second kappa shape index (κ2) is 6.18. The lowest BCUT2D eigenvalue weighted by molar-refractivity contribution is 0.173. The predicted octanol–water partition coefficient (Wildman–Crippen LogP) is 3.01. The Hall–Kier alpha value is -1.68. The van der Waals surface area contributed by atoms with E-state index >= 15 is 0 Å². The molecule has 0 unspecified atom stereocenters. The molecule has 0 aromatic heterocycles. The first-order valence-electron chi connectivity index (χ1n) is 7.26. The highest BCUT2D eigenvalue weighted by Gasteiger charge is 2.22. The Kier molecular flexibility index (Phi) is 4.11. The van der Waals surface area contributed by atoms with Crippen molar-refractivity contribution in [2.24, 2.45) is 0 Å². The van der Waals surface area contributed by atoms with Gasteiger partial charge in [-0.05, 0) is 31.7 Å². The molecule has 1 aliphatic carbocycles. The van der Waals surface area contributed by atoms with E-state index in [-0.39, 0.29) is 0 Å². The van der Waals surface area contributed by atoms with Crippen molar-refractivity contribution in [3.8, 4) is 17.2 Å². The van der Waals surface area contributed by atoms with E-state index in [4.69, 9.17) is 14.2 Å². The number of allylic oxidation sites excluding steroid dienone is 1. The minimum Gasteiger partial charge on any atom is -0.493 e. The Labute approximate surface area is 119 Å². The summed E-state index contributed by atoms with van der Waals surface area (Å²) in [4.78, 5) is 0. The van der Waals surface area contributed by atoms with Crippen LogP contribution in [0.4, 0.5) is 0 Å². The van der Waals surface area contributed by atoms with Gasteiger partial charge in [0.25, 0.3) is 0 Å². The zero-order chi connectivity index (χ0) is 13.8. The van der Waals surface area contributed by atoms with Crippen molar-refractivity contribution in [1.82, 2.24) is 5.32 Å². The van der Waals surface area contributed by atoms with Crippen molar-refractivity contribution in [3.63, 3.8) is 0 Å². The number of rotatable bonds is 8. The molecule has 1 aromatic rings. The van der Waals surface area contributed by atoms with Crippen molar-refractivity contribution < 1.29 is 14.2 Å². The fourth-order valence-corrected chi connectivity index (χ4v) is 2.19. The van der Waals surface area contributed by atoms with Crippen LogP contribution in [0.15, 0.2) is 24.8 Å². The van der Waals surface area contributed by atoms with Gasteiger partial charge in [-0.15, -0.1) is 6.58 Å². The molecule has 0 atom stereocenters. The van der Waals surface area contributed by atoms with E-state index in [2.05, 4.69) is 11.9 Å². The fraction of sp³-hybridized carbons (Fsp3) is 0.500. The summed E-state index contributed by atoms with van der Waals surface area (Å²) in [6, 6.07) is 4.65. The molecule has 3 rings (SSSR count). The molecule has 2 aliphatic rings. The van der Waals surface area contributed by atoms with Crippen LogP contribution in [0.25, 0.3) is 0 Å². The van der Waals surface area contributed by atoms with Crippen LogP contribution in [0.5, 0.6) is 17.2 Å². The van der Waals surface area contributed by atoms with Crippen LogP contribution in [-0.4, -0.2) is 19.4 Å². The van der Waals surface area contributed by atoms with E-state index < -0.39 is 0 Å². The Bertz CT molecular complexity index is 483. The summed E-state index contributed by atoms with van der Waals surface area (Å²) in [7, 11) is 0. The van der Waals surface area contributed by atoms with Gasteiger partial charge >= 0.3 is 0 Å². The molecule has 0 amide bonds. The molecule has 4 nitrogen and oxygen atoms in total. The van der Waals surface area contributed by atoms with E-state index in [1.165, 1.54) is 12.8 Å². The molecule has 1 heterocycles. The van der Waals surface area contributed by atoms with Crippen molar-refractivity contribution >= 4 is 0 Å². The summed E-state index contributed by atoms with van der Waals surface area (Å²) in [6.45, 7) is 5.53. The third kappa shape index (κ3) is 3.25. The van der Waals surface area contributed by atoms with Crippen LogP contribution in [0.1, 0.15) is 31.2 Å². The Balaban J connectivity index is 1.68. The first-order chi connectivity index (χ1) is 9.86. The van der Waals surface area contributed by atoms with Gasteiger partial charge in [0.2, 0.25) is 6.79 Å². The Morgan fingerprint density at radius 3 is 2.85 bits per heavy atom. The van der Waals surface area contributed by atoms with Gasteiger partial charge in [-0.25, -0.2) is 0 Å².